The van der Waals surface area contributed by atoms with Crippen LogP contribution in [-0.4, -0.2) is 16.0 Å². The largest absolute Gasteiger partial charge is 0.307 e. The van der Waals surface area contributed by atoms with E-state index in [4.69, 9.17) is 6.42 Å². The van der Waals surface area contributed by atoms with Crippen LogP contribution in [0.15, 0.2) is 18.6 Å². The highest BCUT2D eigenvalue weighted by atomic mass is 14.9. The maximum absolute atomic E-state index is 5.26. The van der Waals surface area contributed by atoms with Crippen LogP contribution in [0.4, 0.5) is 0 Å². The van der Waals surface area contributed by atoms with Gasteiger partial charge in [-0.05, 0) is 6.42 Å². The minimum Gasteiger partial charge on any atom is -0.307 e. The normalized spacial score (nSPS) is 12.0. The zero-order valence-corrected chi connectivity index (χ0v) is 8.40. The summed E-state index contributed by atoms with van der Waals surface area (Å²) in [6, 6.07) is 0.377. The summed E-state index contributed by atoms with van der Waals surface area (Å²) in [7, 11) is 0. The molecule has 0 aliphatic rings. The molecule has 1 N–H and O–H groups in total. The predicted molar refractivity (Wildman–Crippen MR) is 56.4 cm³/mol. The van der Waals surface area contributed by atoms with E-state index in [0.29, 0.717) is 6.04 Å². The molecule has 1 atom stereocenters. The van der Waals surface area contributed by atoms with E-state index in [9.17, 15) is 0 Å². The Labute approximate surface area is 85.0 Å². The summed E-state index contributed by atoms with van der Waals surface area (Å²) in [6.45, 7) is 2.85. The van der Waals surface area contributed by atoms with Crippen molar-refractivity contribution in [3.05, 3.63) is 24.3 Å². The van der Waals surface area contributed by atoms with E-state index in [2.05, 4.69) is 28.1 Å². The SMILES string of the molecule is C#CCC(CC)NCc1cnccn1. The van der Waals surface area contributed by atoms with Crippen LogP contribution in [0.25, 0.3) is 0 Å². The topological polar surface area (TPSA) is 37.8 Å². The van der Waals surface area contributed by atoms with Gasteiger partial charge in [-0.2, -0.15) is 0 Å². The Kier molecular flexibility index (Phi) is 4.66. The Balaban J connectivity index is 2.36. The second-order valence-corrected chi connectivity index (χ2v) is 3.09. The third-order valence-corrected chi connectivity index (χ3v) is 2.05. The van der Waals surface area contributed by atoms with Crippen LogP contribution in [0, 0.1) is 12.3 Å². The van der Waals surface area contributed by atoms with Crippen LogP contribution in [-0.2, 0) is 6.54 Å². The molecule has 0 aromatic carbocycles. The standard InChI is InChI=1S/C11H15N3/c1-3-5-10(4-2)14-9-11-8-12-6-7-13-11/h1,6-8,10,14H,4-5,9H2,2H3. The smallest absolute Gasteiger partial charge is 0.0724 e. The lowest BCUT2D eigenvalue weighted by Crippen LogP contribution is -2.27. The van der Waals surface area contributed by atoms with Gasteiger partial charge in [0.15, 0.2) is 0 Å². The van der Waals surface area contributed by atoms with Crippen molar-refractivity contribution in [1.82, 2.24) is 15.3 Å². The highest BCUT2D eigenvalue weighted by molar-refractivity contribution is 4.95. The molecule has 0 aliphatic heterocycles. The maximum atomic E-state index is 5.26. The fraction of sp³-hybridized carbons (Fsp3) is 0.455. The van der Waals surface area contributed by atoms with Crippen LogP contribution in [0.2, 0.25) is 0 Å². The molecule has 1 heterocycles. The number of terminal acetylenes is 1. The Morgan fingerprint density at radius 1 is 1.57 bits per heavy atom. The summed E-state index contributed by atoms with van der Waals surface area (Å²) in [5, 5.41) is 3.34. The maximum Gasteiger partial charge on any atom is 0.0724 e. The van der Waals surface area contributed by atoms with E-state index in [1.165, 1.54) is 0 Å². The van der Waals surface area contributed by atoms with E-state index in [1.54, 1.807) is 18.6 Å². The molecule has 1 aromatic heterocycles. The molecule has 0 aliphatic carbocycles. The molecule has 0 saturated carbocycles. The summed E-state index contributed by atoms with van der Waals surface area (Å²) in [5.74, 6) is 2.66. The van der Waals surface area contributed by atoms with Crippen molar-refractivity contribution >= 4 is 0 Å². The van der Waals surface area contributed by atoms with Crippen molar-refractivity contribution in [2.45, 2.75) is 32.4 Å². The summed E-state index contributed by atoms with van der Waals surface area (Å²) >= 11 is 0. The predicted octanol–water partition coefficient (Wildman–Crippen LogP) is 1.37. The van der Waals surface area contributed by atoms with Crippen LogP contribution in [0.3, 0.4) is 0 Å². The van der Waals surface area contributed by atoms with Gasteiger partial charge in [-0.3, -0.25) is 9.97 Å². The van der Waals surface area contributed by atoms with E-state index in [0.717, 1.165) is 25.1 Å². The van der Waals surface area contributed by atoms with Crippen molar-refractivity contribution in [2.75, 3.05) is 0 Å². The van der Waals surface area contributed by atoms with Gasteiger partial charge in [0.2, 0.25) is 0 Å². The van der Waals surface area contributed by atoms with Gasteiger partial charge >= 0.3 is 0 Å². The lowest BCUT2D eigenvalue weighted by Gasteiger charge is -2.13. The highest BCUT2D eigenvalue weighted by Gasteiger charge is 2.03. The number of aromatic nitrogens is 2. The minimum absolute atomic E-state index is 0.377. The molecule has 1 unspecified atom stereocenters. The van der Waals surface area contributed by atoms with Crippen LogP contribution >= 0.6 is 0 Å². The zero-order chi connectivity index (χ0) is 10.2. The number of nitrogens with one attached hydrogen (secondary N) is 1. The van der Waals surface area contributed by atoms with E-state index in [1.807, 2.05) is 0 Å². The lowest BCUT2D eigenvalue weighted by atomic mass is 10.1. The first kappa shape index (κ1) is 10.7. The monoisotopic (exact) mass is 189 g/mol. The minimum atomic E-state index is 0.377. The van der Waals surface area contributed by atoms with Crippen LogP contribution in [0.1, 0.15) is 25.5 Å². The van der Waals surface area contributed by atoms with E-state index in [-0.39, 0.29) is 0 Å². The van der Waals surface area contributed by atoms with Crippen LogP contribution < -0.4 is 5.32 Å². The molecule has 14 heavy (non-hydrogen) atoms. The second kappa shape index (κ2) is 6.11. The molecule has 0 amide bonds. The molecule has 1 aromatic rings. The van der Waals surface area contributed by atoms with Gasteiger partial charge in [-0.1, -0.05) is 6.92 Å². The van der Waals surface area contributed by atoms with Crippen molar-refractivity contribution in [1.29, 1.82) is 0 Å². The van der Waals surface area contributed by atoms with Gasteiger partial charge in [0, 0.05) is 37.6 Å². The van der Waals surface area contributed by atoms with Gasteiger partial charge in [-0.25, -0.2) is 0 Å². The number of rotatable bonds is 5. The summed E-state index contributed by atoms with van der Waals surface area (Å²) in [4.78, 5) is 8.16. The molecule has 0 radical (unpaired) electrons. The van der Waals surface area contributed by atoms with Gasteiger partial charge in [0.25, 0.3) is 0 Å². The number of nitrogens with zero attached hydrogens (tertiary/aromatic N) is 2. The summed E-state index contributed by atoms with van der Waals surface area (Å²) in [5.41, 5.74) is 0.947. The Morgan fingerprint density at radius 2 is 2.43 bits per heavy atom. The van der Waals surface area contributed by atoms with Crippen molar-refractivity contribution in [3.63, 3.8) is 0 Å². The van der Waals surface area contributed by atoms with Crippen molar-refractivity contribution in [3.8, 4) is 12.3 Å². The number of hydrogen-bond acceptors (Lipinski definition) is 3. The second-order valence-electron chi connectivity index (χ2n) is 3.09. The average Bonchev–Trinajstić information content (AvgIpc) is 2.25. The fourth-order valence-electron chi connectivity index (χ4n) is 1.17. The molecule has 0 bridgehead atoms. The first-order chi connectivity index (χ1) is 6.86. The molecule has 0 fully saturated rings. The van der Waals surface area contributed by atoms with Gasteiger partial charge in [-0.15, -0.1) is 12.3 Å². The third kappa shape index (κ3) is 3.55. The molecular weight excluding hydrogens is 174 g/mol. The zero-order valence-electron chi connectivity index (χ0n) is 8.40. The third-order valence-electron chi connectivity index (χ3n) is 2.05. The Hall–Kier alpha value is -1.40. The summed E-state index contributed by atoms with van der Waals surface area (Å²) < 4.78 is 0. The average molecular weight is 189 g/mol. The molecule has 3 heteroatoms. The molecule has 0 saturated heterocycles. The molecular formula is C11H15N3. The molecule has 1 rings (SSSR count). The Bertz CT molecular complexity index is 289. The summed E-state index contributed by atoms with van der Waals surface area (Å²) in [6.07, 6.45) is 12.2. The first-order valence-corrected chi connectivity index (χ1v) is 4.78. The van der Waals surface area contributed by atoms with Gasteiger partial charge < -0.3 is 5.32 Å². The quantitative estimate of drug-likeness (QED) is 0.711. The fourth-order valence-corrected chi connectivity index (χ4v) is 1.17. The molecule has 0 spiro atoms. The highest BCUT2D eigenvalue weighted by Crippen LogP contribution is 1.98. The Morgan fingerprint density at radius 3 is 3.00 bits per heavy atom. The van der Waals surface area contributed by atoms with Gasteiger partial charge in [0.05, 0.1) is 5.69 Å². The van der Waals surface area contributed by atoms with E-state index < -0.39 is 0 Å². The van der Waals surface area contributed by atoms with Crippen molar-refractivity contribution in [2.24, 2.45) is 0 Å². The molecule has 74 valence electrons. The van der Waals surface area contributed by atoms with Crippen LogP contribution in [0.5, 0.6) is 0 Å². The van der Waals surface area contributed by atoms with Gasteiger partial charge in [0.1, 0.15) is 0 Å². The molecule has 3 nitrogen and oxygen atoms in total. The first-order valence-electron chi connectivity index (χ1n) is 4.78. The lowest BCUT2D eigenvalue weighted by molar-refractivity contribution is 0.502. The van der Waals surface area contributed by atoms with E-state index >= 15 is 0 Å². The number of hydrogen-bond donors (Lipinski definition) is 1. The van der Waals surface area contributed by atoms with Crippen molar-refractivity contribution < 1.29 is 0 Å².